The fraction of sp³-hybridized carbons (Fsp3) is 0.167. The van der Waals surface area contributed by atoms with Crippen LogP contribution in [0.5, 0.6) is 0 Å². The number of rotatable bonds is 5. The van der Waals surface area contributed by atoms with Crippen LogP contribution in [0.15, 0.2) is 61.2 Å². The van der Waals surface area contributed by atoms with Crippen molar-refractivity contribution in [3.63, 3.8) is 0 Å². The number of carbonyl (C=O) groups is 1. The Morgan fingerprint density at radius 3 is 2.50 bits per heavy atom. The zero-order valence-corrected chi connectivity index (χ0v) is 14.3. The van der Waals surface area contributed by atoms with E-state index in [0.717, 1.165) is 11.3 Å². The van der Waals surface area contributed by atoms with Crippen molar-refractivity contribution in [2.45, 2.75) is 13.0 Å². The van der Waals surface area contributed by atoms with Gasteiger partial charge >= 0.3 is 0 Å². The molecule has 26 heavy (non-hydrogen) atoms. The van der Waals surface area contributed by atoms with E-state index in [0.29, 0.717) is 0 Å². The highest BCUT2D eigenvalue weighted by molar-refractivity contribution is 5.98. The number of amides is 1. The second kappa shape index (κ2) is 7.14. The predicted molar refractivity (Wildman–Crippen MR) is 95.0 cm³/mol. The summed E-state index contributed by atoms with van der Waals surface area (Å²) in [6, 6.07) is 13.2. The lowest BCUT2D eigenvalue weighted by Crippen LogP contribution is -2.30. The summed E-state index contributed by atoms with van der Waals surface area (Å²) < 4.78 is 1.64. The van der Waals surface area contributed by atoms with Crippen molar-refractivity contribution in [1.29, 1.82) is 0 Å². The third-order valence-electron chi connectivity index (χ3n) is 4.29. The topological polar surface area (TPSA) is 94.2 Å². The molecule has 8 heteroatoms. The molecular weight excluding hydrogens is 334 g/mol. The molecule has 0 unspecified atom stereocenters. The van der Waals surface area contributed by atoms with E-state index >= 15 is 0 Å². The Kier molecular flexibility index (Phi) is 4.74. The second-order valence-corrected chi connectivity index (χ2v) is 5.80. The predicted octanol–water partition coefficient (Wildman–Crippen LogP) is 3.01. The normalized spacial score (nSPS) is 11.8. The van der Waals surface area contributed by atoms with E-state index in [1.165, 1.54) is 23.4 Å². The Morgan fingerprint density at radius 2 is 1.88 bits per heavy atom. The van der Waals surface area contributed by atoms with Gasteiger partial charge in [-0.2, -0.15) is 5.10 Å². The molecule has 0 aliphatic rings. The fourth-order valence-electron chi connectivity index (χ4n) is 2.65. The number of hydrogen-bond donors (Lipinski definition) is 0. The highest BCUT2D eigenvalue weighted by atomic mass is 16.6. The summed E-state index contributed by atoms with van der Waals surface area (Å²) in [5.41, 5.74) is 1.64. The summed E-state index contributed by atoms with van der Waals surface area (Å²) in [5.74, 6) is -0.398. The standard InChI is InChI=1S/C18H17N5O3/c1-13(14-7-9-15(10-8-14)22-12-19-11-20-22)21(2)18(24)16-5-3-4-6-17(16)23(25)26/h3-13H,1-2H3/t13-/m0/s1. The lowest BCUT2D eigenvalue weighted by Gasteiger charge is -2.25. The van der Waals surface area contributed by atoms with Crippen LogP contribution in [0, 0.1) is 10.1 Å². The quantitative estimate of drug-likeness (QED) is 0.520. The molecule has 0 saturated heterocycles. The molecule has 1 atom stereocenters. The zero-order valence-electron chi connectivity index (χ0n) is 14.3. The summed E-state index contributed by atoms with van der Waals surface area (Å²) >= 11 is 0. The number of carbonyl (C=O) groups excluding carboxylic acids is 1. The van der Waals surface area contributed by atoms with Crippen molar-refractivity contribution in [1.82, 2.24) is 19.7 Å². The first-order valence-electron chi connectivity index (χ1n) is 7.94. The van der Waals surface area contributed by atoms with Crippen molar-refractivity contribution in [2.75, 3.05) is 7.05 Å². The maximum absolute atomic E-state index is 12.7. The van der Waals surface area contributed by atoms with Crippen molar-refractivity contribution in [2.24, 2.45) is 0 Å². The fourth-order valence-corrected chi connectivity index (χ4v) is 2.65. The molecule has 1 heterocycles. The Hall–Kier alpha value is -3.55. The van der Waals surface area contributed by atoms with Gasteiger partial charge in [-0.25, -0.2) is 9.67 Å². The Balaban J connectivity index is 1.82. The first kappa shape index (κ1) is 17.3. The van der Waals surface area contributed by atoms with Crippen LogP contribution in [0.4, 0.5) is 5.69 Å². The molecule has 0 bridgehead atoms. The van der Waals surface area contributed by atoms with Gasteiger partial charge in [-0.05, 0) is 30.7 Å². The number of nitro benzene ring substituents is 1. The van der Waals surface area contributed by atoms with Gasteiger partial charge < -0.3 is 4.90 Å². The summed E-state index contributed by atoms with van der Waals surface area (Å²) in [6.45, 7) is 1.87. The van der Waals surface area contributed by atoms with Gasteiger partial charge in [0.2, 0.25) is 0 Å². The maximum atomic E-state index is 12.7. The van der Waals surface area contributed by atoms with Crippen LogP contribution >= 0.6 is 0 Å². The molecule has 0 saturated carbocycles. The molecule has 0 fully saturated rings. The third-order valence-corrected chi connectivity index (χ3v) is 4.29. The Bertz CT molecular complexity index is 922. The number of aromatic nitrogens is 3. The van der Waals surface area contributed by atoms with Gasteiger partial charge in [0.1, 0.15) is 18.2 Å². The minimum absolute atomic E-state index is 0.0751. The van der Waals surface area contributed by atoms with Crippen LogP contribution in [-0.4, -0.2) is 37.5 Å². The van der Waals surface area contributed by atoms with Gasteiger partial charge in [-0.1, -0.05) is 24.3 Å². The molecular formula is C18H17N5O3. The van der Waals surface area contributed by atoms with E-state index < -0.39 is 10.8 Å². The van der Waals surface area contributed by atoms with Crippen molar-refractivity contribution in [3.8, 4) is 5.69 Å². The molecule has 0 radical (unpaired) electrons. The first-order valence-corrected chi connectivity index (χ1v) is 7.94. The van der Waals surface area contributed by atoms with E-state index in [1.807, 2.05) is 31.2 Å². The van der Waals surface area contributed by atoms with Gasteiger partial charge in [0, 0.05) is 13.1 Å². The first-order chi connectivity index (χ1) is 12.5. The van der Waals surface area contributed by atoms with Crippen molar-refractivity contribution >= 4 is 11.6 Å². The van der Waals surface area contributed by atoms with Crippen molar-refractivity contribution in [3.05, 3.63) is 82.4 Å². The molecule has 3 rings (SSSR count). The van der Waals surface area contributed by atoms with Crippen LogP contribution in [0.2, 0.25) is 0 Å². The highest BCUT2D eigenvalue weighted by Crippen LogP contribution is 2.25. The summed E-state index contributed by atoms with van der Waals surface area (Å²) in [4.78, 5) is 28.8. The lowest BCUT2D eigenvalue weighted by atomic mass is 10.1. The SMILES string of the molecule is C[C@@H](c1ccc(-n2cncn2)cc1)N(C)C(=O)c1ccccc1[N+](=O)[O-]. The van der Waals surface area contributed by atoms with E-state index in [-0.39, 0.29) is 17.3 Å². The zero-order chi connectivity index (χ0) is 18.7. The van der Waals surface area contributed by atoms with Gasteiger partial charge in [-0.3, -0.25) is 14.9 Å². The van der Waals surface area contributed by atoms with Crippen molar-refractivity contribution < 1.29 is 9.72 Å². The van der Waals surface area contributed by atoms with E-state index in [9.17, 15) is 14.9 Å². The average molecular weight is 351 g/mol. The number of nitro groups is 1. The average Bonchev–Trinajstić information content (AvgIpc) is 3.21. The monoisotopic (exact) mass is 351 g/mol. The van der Waals surface area contributed by atoms with Gasteiger partial charge in [0.05, 0.1) is 16.7 Å². The van der Waals surface area contributed by atoms with Crippen LogP contribution in [0.3, 0.4) is 0 Å². The van der Waals surface area contributed by atoms with E-state index in [4.69, 9.17) is 0 Å². The van der Waals surface area contributed by atoms with Crippen LogP contribution < -0.4 is 0 Å². The number of hydrogen-bond acceptors (Lipinski definition) is 5. The van der Waals surface area contributed by atoms with Crippen LogP contribution in [0.1, 0.15) is 28.9 Å². The summed E-state index contributed by atoms with van der Waals surface area (Å²) in [5, 5.41) is 15.2. The van der Waals surface area contributed by atoms with Gasteiger partial charge in [0.15, 0.2) is 0 Å². The number of nitrogens with zero attached hydrogens (tertiary/aromatic N) is 5. The molecule has 132 valence electrons. The third kappa shape index (κ3) is 3.30. The highest BCUT2D eigenvalue weighted by Gasteiger charge is 2.25. The summed E-state index contributed by atoms with van der Waals surface area (Å²) in [7, 11) is 1.63. The summed E-state index contributed by atoms with van der Waals surface area (Å²) in [6.07, 6.45) is 3.05. The van der Waals surface area contributed by atoms with Gasteiger partial charge in [-0.15, -0.1) is 0 Å². The minimum Gasteiger partial charge on any atom is -0.335 e. The molecule has 0 aliphatic carbocycles. The Morgan fingerprint density at radius 1 is 1.19 bits per heavy atom. The molecule has 0 N–H and O–H groups in total. The molecule has 2 aromatic carbocycles. The van der Waals surface area contributed by atoms with Gasteiger partial charge in [0.25, 0.3) is 11.6 Å². The molecule has 0 aliphatic heterocycles. The Labute approximate surface area is 149 Å². The number of para-hydroxylation sites is 1. The maximum Gasteiger partial charge on any atom is 0.282 e. The molecule has 1 aromatic heterocycles. The molecule has 0 spiro atoms. The molecule has 3 aromatic rings. The molecule has 8 nitrogen and oxygen atoms in total. The number of benzene rings is 2. The second-order valence-electron chi connectivity index (χ2n) is 5.80. The largest absolute Gasteiger partial charge is 0.335 e. The van der Waals surface area contributed by atoms with Crippen LogP contribution in [-0.2, 0) is 0 Å². The minimum atomic E-state index is -0.543. The smallest absolute Gasteiger partial charge is 0.282 e. The van der Waals surface area contributed by atoms with E-state index in [1.54, 1.807) is 30.2 Å². The van der Waals surface area contributed by atoms with E-state index in [2.05, 4.69) is 10.1 Å². The molecule has 1 amide bonds. The van der Waals surface area contributed by atoms with Crippen LogP contribution in [0.25, 0.3) is 5.69 Å². The lowest BCUT2D eigenvalue weighted by molar-refractivity contribution is -0.385.